The number of carbonyl (C=O) groups is 1. The maximum absolute atomic E-state index is 12.4. The van der Waals surface area contributed by atoms with Crippen LogP contribution in [0.15, 0.2) is 12.1 Å². The van der Waals surface area contributed by atoms with Crippen LogP contribution in [0.25, 0.3) is 0 Å². The Kier molecular flexibility index (Phi) is 5.68. The largest absolute Gasteiger partial charge is 0.492 e. The number of amides is 1. The first kappa shape index (κ1) is 17.9. The van der Waals surface area contributed by atoms with Gasteiger partial charge in [-0.15, -0.1) is 0 Å². The molecule has 2 aliphatic rings. The summed E-state index contributed by atoms with van der Waals surface area (Å²) in [5.41, 5.74) is 1.68. The highest BCUT2D eigenvalue weighted by molar-refractivity contribution is 5.96. The average Bonchev–Trinajstić information content (AvgIpc) is 3.35. The minimum atomic E-state index is 0.0648. The number of ether oxygens (including phenoxy) is 3. The van der Waals surface area contributed by atoms with Crippen molar-refractivity contribution in [3.8, 4) is 11.5 Å². The molecule has 1 saturated heterocycles. The second-order valence-electron chi connectivity index (χ2n) is 6.59. The van der Waals surface area contributed by atoms with Crippen LogP contribution in [0.1, 0.15) is 27.2 Å². The molecule has 25 heavy (non-hydrogen) atoms. The number of morpholine rings is 1. The summed E-state index contributed by atoms with van der Waals surface area (Å²) in [6.07, 6.45) is 0.958. The monoisotopic (exact) mass is 348 g/mol. The van der Waals surface area contributed by atoms with Crippen LogP contribution in [0.3, 0.4) is 0 Å². The molecule has 2 atom stereocenters. The van der Waals surface area contributed by atoms with Crippen molar-refractivity contribution in [2.24, 2.45) is 11.8 Å². The molecule has 0 unspecified atom stereocenters. The lowest BCUT2D eigenvalue weighted by Crippen LogP contribution is -2.36. The number of benzene rings is 1. The molecule has 1 aliphatic heterocycles. The quantitative estimate of drug-likeness (QED) is 0.821. The van der Waals surface area contributed by atoms with Gasteiger partial charge in [0, 0.05) is 31.1 Å². The molecule has 1 aliphatic carbocycles. The lowest BCUT2D eigenvalue weighted by molar-refractivity contribution is -0.117. The van der Waals surface area contributed by atoms with Crippen molar-refractivity contribution < 1.29 is 19.0 Å². The number of anilines is 2. The second-order valence-corrected chi connectivity index (χ2v) is 6.59. The standard InChI is InChI=1S/C19H28N2O4/c1-4-24-17-12-16(21-6-8-23-9-7-21)18(25-5-2)11-15(17)20-19(22)14-10-13(14)3/h11-14H,4-10H2,1-3H3,(H,20,22)/t13-,14+/m0/s1. The molecule has 6 heteroatoms. The molecule has 6 nitrogen and oxygen atoms in total. The highest BCUT2D eigenvalue weighted by Gasteiger charge is 2.39. The fraction of sp³-hybridized carbons (Fsp3) is 0.632. The Hall–Kier alpha value is -1.95. The fourth-order valence-electron chi connectivity index (χ4n) is 3.16. The average molecular weight is 348 g/mol. The SMILES string of the molecule is CCOc1cc(N2CCOCC2)c(OCC)cc1NC(=O)[C@@H]1C[C@@H]1C. The van der Waals surface area contributed by atoms with E-state index < -0.39 is 0 Å². The van der Waals surface area contributed by atoms with E-state index in [1.165, 1.54) is 0 Å². The van der Waals surface area contributed by atoms with Crippen LogP contribution in [0.4, 0.5) is 11.4 Å². The molecule has 2 fully saturated rings. The van der Waals surface area contributed by atoms with Gasteiger partial charge in [0.05, 0.1) is 37.8 Å². The molecule has 1 amide bonds. The van der Waals surface area contributed by atoms with Crippen LogP contribution in [0, 0.1) is 11.8 Å². The zero-order valence-electron chi connectivity index (χ0n) is 15.3. The van der Waals surface area contributed by atoms with Gasteiger partial charge in [0.25, 0.3) is 0 Å². The highest BCUT2D eigenvalue weighted by Crippen LogP contribution is 2.42. The van der Waals surface area contributed by atoms with Crippen molar-refractivity contribution in [3.05, 3.63) is 12.1 Å². The second kappa shape index (κ2) is 7.95. The van der Waals surface area contributed by atoms with Crippen LogP contribution in [0.5, 0.6) is 11.5 Å². The first-order valence-corrected chi connectivity index (χ1v) is 9.21. The minimum absolute atomic E-state index is 0.0648. The maximum atomic E-state index is 12.4. The smallest absolute Gasteiger partial charge is 0.227 e. The Morgan fingerprint density at radius 1 is 1.20 bits per heavy atom. The van der Waals surface area contributed by atoms with Gasteiger partial charge in [-0.25, -0.2) is 0 Å². The van der Waals surface area contributed by atoms with Crippen molar-refractivity contribution in [1.82, 2.24) is 0 Å². The Morgan fingerprint density at radius 2 is 1.84 bits per heavy atom. The molecule has 0 spiro atoms. The van der Waals surface area contributed by atoms with Gasteiger partial charge < -0.3 is 24.4 Å². The summed E-state index contributed by atoms with van der Waals surface area (Å²) in [5.74, 6) is 2.11. The van der Waals surface area contributed by atoms with E-state index in [9.17, 15) is 4.79 Å². The van der Waals surface area contributed by atoms with Crippen LogP contribution < -0.4 is 19.7 Å². The van der Waals surface area contributed by atoms with E-state index in [2.05, 4.69) is 17.1 Å². The van der Waals surface area contributed by atoms with Gasteiger partial charge in [0.15, 0.2) is 0 Å². The topological polar surface area (TPSA) is 60.0 Å². The van der Waals surface area contributed by atoms with Crippen molar-refractivity contribution in [3.63, 3.8) is 0 Å². The van der Waals surface area contributed by atoms with Gasteiger partial charge in [-0.1, -0.05) is 6.92 Å². The molecule has 1 heterocycles. The minimum Gasteiger partial charge on any atom is -0.492 e. The van der Waals surface area contributed by atoms with Gasteiger partial charge >= 0.3 is 0 Å². The Bertz CT molecular complexity index is 614. The normalized spacial score (nSPS) is 22.4. The summed E-state index contributed by atoms with van der Waals surface area (Å²) >= 11 is 0. The molecule has 1 N–H and O–H groups in total. The van der Waals surface area contributed by atoms with Crippen molar-refractivity contribution in [2.75, 3.05) is 49.7 Å². The number of hydrogen-bond acceptors (Lipinski definition) is 5. The summed E-state index contributed by atoms with van der Waals surface area (Å²) in [7, 11) is 0. The van der Waals surface area contributed by atoms with E-state index in [0.29, 0.717) is 43.8 Å². The summed E-state index contributed by atoms with van der Waals surface area (Å²) in [5, 5.41) is 3.03. The summed E-state index contributed by atoms with van der Waals surface area (Å²) < 4.78 is 17.1. The number of nitrogens with zero attached hydrogens (tertiary/aromatic N) is 1. The Balaban J connectivity index is 1.89. The van der Waals surface area contributed by atoms with Gasteiger partial charge in [-0.05, 0) is 26.2 Å². The van der Waals surface area contributed by atoms with Gasteiger partial charge in [-0.3, -0.25) is 4.79 Å². The third-order valence-corrected chi connectivity index (χ3v) is 4.72. The Labute approximate surface area is 149 Å². The van der Waals surface area contributed by atoms with Crippen molar-refractivity contribution >= 4 is 17.3 Å². The first-order valence-electron chi connectivity index (χ1n) is 9.21. The zero-order valence-corrected chi connectivity index (χ0v) is 15.3. The molecule has 0 radical (unpaired) electrons. The van der Waals surface area contributed by atoms with Crippen LogP contribution in [-0.4, -0.2) is 45.4 Å². The van der Waals surface area contributed by atoms with E-state index in [0.717, 1.165) is 30.9 Å². The molecule has 0 bridgehead atoms. The Morgan fingerprint density at radius 3 is 2.44 bits per heavy atom. The molecular formula is C19H28N2O4. The number of nitrogens with one attached hydrogen (secondary N) is 1. The van der Waals surface area contributed by atoms with E-state index in [1.54, 1.807) is 0 Å². The van der Waals surface area contributed by atoms with Gasteiger partial charge in [-0.2, -0.15) is 0 Å². The van der Waals surface area contributed by atoms with E-state index in [4.69, 9.17) is 14.2 Å². The summed E-state index contributed by atoms with van der Waals surface area (Å²) in [6.45, 7) is 10.1. The van der Waals surface area contributed by atoms with Crippen LogP contribution in [0.2, 0.25) is 0 Å². The highest BCUT2D eigenvalue weighted by atomic mass is 16.5. The van der Waals surface area contributed by atoms with Gasteiger partial charge in [0.1, 0.15) is 11.5 Å². The van der Waals surface area contributed by atoms with Crippen LogP contribution in [-0.2, 0) is 9.53 Å². The van der Waals surface area contributed by atoms with Crippen molar-refractivity contribution in [1.29, 1.82) is 0 Å². The number of rotatable bonds is 7. The van der Waals surface area contributed by atoms with E-state index in [-0.39, 0.29) is 11.8 Å². The molecule has 1 aromatic carbocycles. The first-order chi connectivity index (χ1) is 12.1. The lowest BCUT2D eigenvalue weighted by Gasteiger charge is -2.31. The van der Waals surface area contributed by atoms with E-state index >= 15 is 0 Å². The molecule has 0 aromatic heterocycles. The summed E-state index contributed by atoms with van der Waals surface area (Å²) in [6, 6.07) is 3.87. The predicted molar refractivity (Wildman–Crippen MR) is 97.7 cm³/mol. The molecule has 138 valence electrons. The molecule has 3 rings (SSSR count). The van der Waals surface area contributed by atoms with Crippen molar-refractivity contribution in [2.45, 2.75) is 27.2 Å². The molecule has 1 saturated carbocycles. The number of carbonyl (C=O) groups excluding carboxylic acids is 1. The van der Waals surface area contributed by atoms with Gasteiger partial charge in [0.2, 0.25) is 5.91 Å². The predicted octanol–water partition coefficient (Wildman–Crippen LogP) is 2.92. The maximum Gasteiger partial charge on any atom is 0.227 e. The number of hydrogen-bond donors (Lipinski definition) is 1. The lowest BCUT2D eigenvalue weighted by atomic mass is 10.2. The fourth-order valence-corrected chi connectivity index (χ4v) is 3.16. The molecule has 1 aromatic rings. The zero-order chi connectivity index (χ0) is 17.8. The third-order valence-electron chi connectivity index (χ3n) is 4.72. The summed E-state index contributed by atoms with van der Waals surface area (Å²) in [4.78, 5) is 14.6. The third kappa shape index (κ3) is 4.18. The van der Waals surface area contributed by atoms with Crippen LogP contribution >= 0.6 is 0 Å². The molecular weight excluding hydrogens is 320 g/mol. The van der Waals surface area contributed by atoms with E-state index in [1.807, 2.05) is 26.0 Å².